The second-order valence-electron chi connectivity index (χ2n) is 5.37. The maximum atomic E-state index is 13.1. The molecule has 7 heteroatoms. The number of halogens is 3. The zero-order valence-electron chi connectivity index (χ0n) is 11.1. The highest BCUT2D eigenvalue weighted by molar-refractivity contribution is 9.10. The van der Waals surface area contributed by atoms with Gasteiger partial charge in [-0.2, -0.15) is 0 Å². The van der Waals surface area contributed by atoms with Gasteiger partial charge >= 0.3 is 5.97 Å². The minimum absolute atomic E-state index is 0.0109. The van der Waals surface area contributed by atoms with Gasteiger partial charge in [0.05, 0.1) is 10.7 Å². The van der Waals surface area contributed by atoms with Gasteiger partial charge in [-0.05, 0) is 33.5 Å². The Morgan fingerprint density at radius 3 is 2.35 bits per heavy atom. The average molecular weight is 367 g/mol. The Kier molecular flexibility index (Phi) is 5.15. The summed E-state index contributed by atoms with van der Waals surface area (Å²) in [5, 5.41) is 11.6. The number of carbonyl (C=O) groups is 2. The monoisotopic (exact) mass is 365 g/mol. The Morgan fingerprint density at radius 2 is 1.95 bits per heavy atom. The van der Waals surface area contributed by atoms with Crippen LogP contribution in [-0.2, 0) is 9.59 Å². The summed E-state index contributed by atoms with van der Waals surface area (Å²) in [5.41, 5.74) is -0.622. The van der Waals surface area contributed by atoms with E-state index >= 15 is 0 Å². The summed E-state index contributed by atoms with van der Waals surface area (Å²) in [6.45, 7) is 4.94. The first-order chi connectivity index (χ1) is 9.04. The quantitative estimate of drug-likeness (QED) is 0.797. The summed E-state index contributed by atoms with van der Waals surface area (Å²) in [5.74, 6) is -3.76. The Hall–Kier alpha value is -1.14. The molecule has 110 valence electrons. The number of benzene rings is 1. The van der Waals surface area contributed by atoms with Crippen molar-refractivity contribution in [2.24, 2.45) is 11.3 Å². The Morgan fingerprint density at radius 1 is 1.40 bits per heavy atom. The zero-order chi connectivity index (χ0) is 15.7. The molecule has 1 aromatic rings. The number of aliphatic carboxylic acids is 1. The van der Waals surface area contributed by atoms with E-state index in [1.165, 1.54) is 0 Å². The third-order valence-electron chi connectivity index (χ3n) is 2.63. The molecule has 20 heavy (non-hydrogen) atoms. The smallest absolute Gasteiger partial charge is 0.316 e. The highest BCUT2D eigenvalue weighted by Crippen LogP contribution is 2.34. The van der Waals surface area contributed by atoms with Crippen molar-refractivity contribution in [3.63, 3.8) is 0 Å². The molecule has 0 saturated carbocycles. The summed E-state index contributed by atoms with van der Waals surface area (Å²) in [6, 6.07) is 2.17. The highest BCUT2D eigenvalue weighted by atomic mass is 79.9. The number of hydrogen-bond donors (Lipinski definition) is 2. The number of rotatable bonds is 3. The van der Waals surface area contributed by atoms with Gasteiger partial charge in [-0.1, -0.05) is 32.4 Å². The summed E-state index contributed by atoms with van der Waals surface area (Å²) in [7, 11) is 0. The Bertz CT molecular complexity index is 534. The highest BCUT2D eigenvalue weighted by Gasteiger charge is 2.38. The Labute approximate surface area is 129 Å². The molecule has 0 aliphatic carbocycles. The average Bonchev–Trinajstić information content (AvgIpc) is 2.20. The fraction of sp³-hybridized carbons (Fsp3) is 0.385. The number of carbonyl (C=O) groups excluding carboxylic acids is 1. The van der Waals surface area contributed by atoms with Crippen LogP contribution in [0.2, 0.25) is 5.02 Å². The van der Waals surface area contributed by atoms with Gasteiger partial charge < -0.3 is 10.4 Å². The van der Waals surface area contributed by atoms with E-state index in [0.717, 1.165) is 12.1 Å². The number of nitrogens with one attached hydrogen (secondary N) is 1. The predicted octanol–water partition coefficient (Wildman–Crippen LogP) is 3.93. The maximum absolute atomic E-state index is 13.1. The van der Waals surface area contributed by atoms with Crippen molar-refractivity contribution in [2.75, 3.05) is 5.32 Å². The van der Waals surface area contributed by atoms with Crippen LogP contribution in [0.25, 0.3) is 0 Å². The molecular formula is C13H14BrClFNO3. The number of carboxylic acids is 1. The van der Waals surface area contributed by atoms with Gasteiger partial charge in [-0.3, -0.25) is 9.59 Å². The summed E-state index contributed by atoms with van der Waals surface area (Å²) in [6.07, 6.45) is 0. The lowest BCUT2D eigenvalue weighted by Gasteiger charge is -2.26. The van der Waals surface area contributed by atoms with Crippen molar-refractivity contribution < 1.29 is 19.1 Å². The molecule has 0 fully saturated rings. The van der Waals surface area contributed by atoms with E-state index in [-0.39, 0.29) is 15.2 Å². The van der Waals surface area contributed by atoms with Gasteiger partial charge in [0, 0.05) is 4.47 Å². The molecule has 1 amide bonds. The van der Waals surface area contributed by atoms with Crippen LogP contribution in [-0.4, -0.2) is 17.0 Å². The van der Waals surface area contributed by atoms with Crippen LogP contribution in [0.3, 0.4) is 0 Å². The topological polar surface area (TPSA) is 66.4 Å². The number of carboxylic acid groups (broad SMARTS) is 1. The molecule has 4 nitrogen and oxygen atoms in total. The fourth-order valence-corrected chi connectivity index (χ4v) is 2.63. The molecule has 1 atom stereocenters. The molecule has 1 aromatic carbocycles. The third-order valence-corrected chi connectivity index (χ3v) is 3.55. The van der Waals surface area contributed by atoms with Gasteiger partial charge in [0.2, 0.25) is 5.91 Å². The van der Waals surface area contributed by atoms with E-state index in [0.29, 0.717) is 0 Å². The summed E-state index contributed by atoms with van der Waals surface area (Å²) < 4.78 is 13.3. The molecule has 0 aromatic heterocycles. The standard InChI is InChI=1S/C13H14BrClFNO3/c1-13(2,3)9(12(19)20)11(18)17-10-7(14)4-6(16)5-8(10)15/h4-5,9H,1-3H3,(H,17,18)(H,19,20). The van der Waals surface area contributed by atoms with E-state index in [1.54, 1.807) is 20.8 Å². The second-order valence-corrected chi connectivity index (χ2v) is 6.63. The molecule has 0 heterocycles. The molecule has 1 rings (SSSR count). The van der Waals surface area contributed by atoms with Crippen molar-refractivity contribution in [2.45, 2.75) is 20.8 Å². The van der Waals surface area contributed by atoms with Crippen LogP contribution >= 0.6 is 27.5 Å². The molecule has 1 unspecified atom stereocenters. The van der Waals surface area contributed by atoms with Crippen LogP contribution in [0.15, 0.2) is 16.6 Å². The minimum atomic E-state index is -1.25. The predicted molar refractivity (Wildman–Crippen MR) is 78.3 cm³/mol. The number of hydrogen-bond acceptors (Lipinski definition) is 2. The van der Waals surface area contributed by atoms with Crippen LogP contribution in [0.1, 0.15) is 20.8 Å². The van der Waals surface area contributed by atoms with Gasteiger partial charge in [0.15, 0.2) is 0 Å². The first kappa shape index (κ1) is 16.9. The van der Waals surface area contributed by atoms with Crippen molar-refractivity contribution in [3.05, 3.63) is 27.4 Å². The maximum Gasteiger partial charge on any atom is 0.316 e. The SMILES string of the molecule is CC(C)(C)C(C(=O)O)C(=O)Nc1c(Cl)cc(F)cc1Br. The largest absolute Gasteiger partial charge is 0.481 e. The summed E-state index contributed by atoms with van der Waals surface area (Å²) in [4.78, 5) is 23.4. The number of anilines is 1. The molecule has 0 radical (unpaired) electrons. The third kappa shape index (κ3) is 3.93. The molecule has 0 aliphatic heterocycles. The van der Waals surface area contributed by atoms with Crippen molar-refractivity contribution in [1.82, 2.24) is 0 Å². The molecule has 0 bridgehead atoms. The molecule has 2 N–H and O–H groups in total. The molecule has 0 aliphatic rings. The molecule has 0 spiro atoms. The minimum Gasteiger partial charge on any atom is -0.481 e. The van der Waals surface area contributed by atoms with E-state index in [9.17, 15) is 19.1 Å². The zero-order valence-corrected chi connectivity index (χ0v) is 13.5. The lowest BCUT2D eigenvalue weighted by Crippen LogP contribution is -2.39. The van der Waals surface area contributed by atoms with E-state index in [1.807, 2.05) is 0 Å². The van der Waals surface area contributed by atoms with Crippen LogP contribution in [0.4, 0.5) is 10.1 Å². The first-order valence-corrected chi connectivity index (χ1v) is 6.89. The van der Waals surface area contributed by atoms with Crippen LogP contribution in [0.5, 0.6) is 0 Å². The van der Waals surface area contributed by atoms with Gasteiger partial charge in [-0.15, -0.1) is 0 Å². The van der Waals surface area contributed by atoms with E-state index < -0.39 is 29.0 Å². The van der Waals surface area contributed by atoms with Crippen molar-refractivity contribution >= 4 is 45.1 Å². The first-order valence-electron chi connectivity index (χ1n) is 5.72. The lowest BCUT2D eigenvalue weighted by molar-refractivity contribution is -0.149. The lowest BCUT2D eigenvalue weighted by atomic mass is 9.80. The summed E-state index contributed by atoms with van der Waals surface area (Å²) >= 11 is 8.92. The van der Waals surface area contributed by atoms with Crippen LogP contribution < -0.4 is 5.32 Å². The molecular weight excluding hydrogens is 353 g/mol. The van der Waals surface area contributed by atoms with Crippen molar-refractivity contribution in [1.29, 1.82) is 0 Å². The fourth-order valence-electron chi connectivity index (χ4n) is 1.73. The van der Waals surface area contributed by atoms with Gasteiger partial charge in [0.1, 0.15) is 11.7 Å². The normalized spacial score (nSPS) is 12.9. The Balaban J connectivity index is 3.10. The van der Waals surface area contributed by atoms with E-state index in [2.05, 4.69) is 21.2 Å². The second kappa shape index (κ2) is 6.10. The van der Waals surface area contributed by atoms with Gasteiger partial charge in [0.25, 0.3) is 0 Å². The van der Waals surface area contributed by atoms with Crippen LogP contribution in [0, 0.1) is 17.2 Å². The van der Waals surface area contributed by atoms with E-state index in [4.69, 9.17) is 11.6 Å². The number of amides is 1. The van der Waals surface area contributed by atoms with Gasteiger partial charge in [-0.25, -0.2) is 4.39 Å². The molecule has 0 saturated heterocycles. The van der Waals surface area contributed by atoms with Crippen molar-refractivity contribution in [3.8, 4) is 0 Å².